The molecular formula is C17H30N2OS. The number of hydrogen-bond donors (Lipinski definition) is 1. The first-order valence-electron chi connectivity index (χ1n) is 8.50. The van der Waals surface area contributed by atoms with Crippen LogP contribution in [0.1, 0.15) is 84.0 Å². The topological polar surface area (TPSA) is 55.4 Å². The summed E-state index contributed by atoms with van der Waals surface area (Å²) in [6, 6.07) is 0. The zero-order valence-electron chi connectivity index (χ0n) is 13.4. The van der Waals surface area contributed by atoms with Gasteiger partial charge in [-0.15, -0.1) is 0 Å². The number of nitrogens with zero attached hydrogens (tertiary/aromatic N) is 1. The number of carbonyl (C=O) groups is 1. The van der Waals surface area contributed by atoms with Crippen molar-refractivity contribution >= 4 is 22.8 Å². The lowest BCUT2D eigenvalue weighted by atomic mass is 10.1. The van der Waals surface area contributed by atoms with Crippen molar-refractivity contribution in [3.63, 3.8) is 0 Å². The number of nitrogens with two attached hydrogens (primary N) is 1. The second kappa shape index (κ2) is 11.8. The fourth-order valence-electron chi connectivity index (χ4n) is 2.50. The summed E-state index contributed by atoms with van der Waals surface area (Å²) in [5, 5.41) is 0.380. The van der Waals surface area contributed by atoms with Crippen molar-refractivity contribution in [1.82, 2.24) is 0 Å². The Balaban J connectivity index is 1.85. The van der Waals surface area contributed by atoms with Crippen LogP contribution in [0.4, 0.5) is 0 Å². The van der Waals surface area contributed by atoms with Crippen LogP contribution in [0.3, 0.4) is 0 Å². The van der Waals surface area contributed by atoms with Crippen molar-refractivity contribution in [2.75, 3.05) is 0 Å². The van der Waals surface area contributed by atoms with Gasteiger partial charge in [0.05, 0.1) is 4.91 Å². The molecule has 1 amide bonds. The molecule has 0 unspecified atom stereocenters. The van der Waals surface area contributed by atoms with Gasteiger partial charge in [-0.05, 0) is 24.6 Å². The second-order valence-electron chi connectivity index (χ2n) is 5.75. The fourth-order valence-corrected chi connectivity index (χ4v) is 3.19. The standard InChI is InChI=1S/C17H30N2OS/c1-2-3-4-5-6-7-8-9-10-11-12-13-14-15-16(20)19-17(18)21-15/h14H,2-13H2,1H3,(H2,18,19,20). The monoisotopic (exact) mass is 310 g/mol. The number of unbranched alkanes of at least 4 members (excludes halogenated alkanes) is 11. The highest BCUT2D eigenvalue weighted by Crippen LogP contribution is 2.24. The van der Waals surface area contributed by atoms with Crippen molar-refractivity contribution < 1.29 is 4.79 Å². The molecule has 4 heteroatoms. The first-order valence-corrected chi connectivity index (χ1v) is 9.32. The van der Waals surface area contributed by atoms with E-state index in [1.807, 2.05) is 6.08 Å². The number of rotatable bonds is 12. The van der Waals surface area contributed by atoms with Gasteiger partial charge in [-0.2, -0.15) is 4.99 Å². The Hall–Kier alpha value is -0.770. The average molecular weight is 311 g/mol. The first kappa shape index (κ1) is 18.3. The Labute approximate surface area is 133 Å². The third kappa shape index (κ3) is 8.97. The number of amides is 1. The lowest BCUT2D eigenvalue weighted by Crippen LogP contribution is -2.01. The summed E-state index contributed by atoms with van der Waals surface area (Å²) >= 11 is 1.30. The molecule has 0 aromatic heterocycles. The van der Waals surface area contributed by atoms with Crippen LogP contribution in [-0.4, -0.2) is 11.1 Å². The van der Waals surface area contributed by atoms with E-state index in [2.05, 4.69) is 11.9 Å². The third-order valence-electron chi connectivity index (χ3n) is 3.77. The largest absolute Gasteiger partial charge is 0.378 e. The molecule has 0 radical (unpaired) electrons. The van der Waals surface area contributed by atoms with Crippen LogP contribution < -0.4 is 5.73 Å². The van der Waals surface area contributed by atoms with Crippen molar-refractivity contribution in [3.8, 4) is 0 Å². The average Bonchev–Trinajstić information content (AvgIpc) is 2.78. The minimum absolute atomic E-state index is 0.166. The normalized spacial score (nSPS) is 16.7. The van der Waals surface area contributed by atoms with Gasteiger partial charge in [0.15, 0.2) is 5.17 Å². The molecule has 0 aliphatic carbocycles. The zero-order valence-corrected chi connectivity index (χ0v) is 14.2. The quantitative estimate of drug-likeness (QED) is 0.400. The molecule has 1 rings (SSSR count). The number of aliphatic imine (C=N–C) groups is 1. The molecule has 1 heterocycles. The van der Waals surface area contributed by atoms with Crippen LogP contribution in [0.5, 0.6) is 0 Å². The van der Waals surface area contributed by atoms with E-state index < -0.39 is 0 Å². The molecule has 0 fully saturated rings. The van der Waals surface area contributed by atoms with Crippen LogP contribution in [-0.2, 0) is 4.79 Å². The Morgan fingerprint density at radius 1 is 0.952 bits per heavy atom. The molecule has 0 bridgehead atoms. The predicted molar refractivity (Wildman–Crippen MR) is 93.4 cm³/mol. The van der Waals surface area contributed by atoms with E-state index in [0.29, 0.717) is 10.1 Å². The molecule has 1 aliphatic heterocycles. The van der Waals surface area contributed by atoms with Crippen LogP contribution in [0.25, 0.3) is 0 Å². The van der Waals surface area contributed by atoms with Gasteiger partial charge in [0, 0.05) is 0 Å². The zero-order chi connectivity index (χ0) is 15.3. The molecule has 0 saturated heterocycles. The lowest BCUT2D eigenvalue weighted by Gasteiger charge is -2.02. The number of hydrogen-bond acceptors (Lipinski definition) is 3. The third-order valence-corrected chi connectivity index (χ3v) is 4.64. The number of carbonyl (C=O) groups excluding carboxylic acids is 1. The summed E-state index contributed by atoms with van der Waals surface area (Å²) in [7, 11) is 0. The van der Waals surface area contributed by atoms with Crippen molar-refractivity contribution in [2.45, 2.75) is 84.0 Å². The van der Waals surface area contributed by atoms with E-state index in [1.54, 1.807) is 0 Å². The summed E-state index contributed by atoms with van der Waals surface area (Å²) in [4.78, 5) is 15.8. The van der Waals surface area contributed by atoms with Crippen LogP contribution in [0.15, 0.2) is 16.0 Å². The maximum atomic E-state index is 11.4. The van der Waals surface area contributed by atoms with Crippen molar-refractivity contribution in [2.24, 2.45) is 10.7 Å². The van der Waals surface area contributed by atoms with Gasteiger partial charge in [0.1, 0.15) is 0 Å². The molecule has 0 saturated carbocycles. The SMILES string of the molecule is CCCCCCCCCCCCCC=C1SC(N)=NC1=O. The van der Waals surface area contributed by atoms with Crippen molar-refractivity contribution in [3.05, 3.63) is 11.0 Å². The highest BCUT2D eigenvalue weighted by Gasteiger charge is 2.18. The second-order valence-corrected chi connectivity index (χ2v) is 6.81. The van der Waals surface area contributed by atoms with E-state index in [4.69, 9.17) is 5.73 Å². The van der Waals surface area contributed by atoms with Gasteiger partial charge >= 0.3 is 0 Å². The Morgan fingerprint density at radius 3 is 1.95 bits per heavy atom. The summed E-state index contributed by atoms with van der Waals surface area (Å²) in [6.45, 7) is 2.26. The van der Waals surface area contributed by atoms with E-state index in [-0.39, 0.29) is 5.91 Å². The summed E-state index contributed by atoms with van der Waals surface area (Å²) in [5.41, 5.74) is 5.50. The molecule has 120 valence electrons. The summed E-state index contributed by atoms with van der Waals surface area (Å²) in [5.74, 6) is -0.166. The highest BCUT2D eigenvalue weighted by molar-refractivity contribution is 8.18. The van der Waals surface area contributed by atoms with E-state index in [1.165, 1.54) is 76.0 Å². The molecular weight excluding hydrogens is 280 g/mol. The molecule has 21 heavy (non-hydrogen) atoms. The number of thioether (sulfide) groups is 1. The van der Waals surface area contributed by atoms with E-state index >= 15 is 0 Å². The Kier molecular flexibility index (Phi) is 10.3. The van der Waals surface area contributed by atoms with Crippen LogP contribution >= 0.6 is 11.8 Å². The van der Waals surface area contributed by atoms with Gasteiger partial charge in [0.25, 0.3) is 5.91 Å². The summed E-state index contributed by atoms with van der Waals surface area (Å²) in [6.07, 6.45) is 17.8. The van der Waals surface area contributed by atoms with Crippen LogP contribution in [0, 0.1) is 0 Å². The summed E-state index contributed by atoms with van der Waals surface area (Å²) < 4.78 is 0. The Morgan fingerprint density at radius 2 is 1.48 bits per heavy atom. The smallest absolute Gasteiger partial charge is 0.285 e. The predicted octanol–water partition coefficient (Wildman–Crippen LogP) is 5.16. The van der Waals surface area contributed by atoms with E-state index in [9.17, 15) is 4.79 Å². The Bertz CT molecular complexity index is 364. The molecule has 1 aliphatic rings. The van der Waals surface area contributed by atoms with Crippen LogP contribution in [0.2, 0.25) is 0 Å². The molecule has 0 atom stereocenters. The van der Waals surface area contributed by atoms with Gasteiger partial charge in [-0.1, -0.05) is 77.2 Å². The number of amidine groups is 1. The van der Waals surface area contributed by atoms with Crippen molar-refractivity contribution in [1.29, 1.82) is 0 Å². The van der Waals surface area contributed by atoms with E-state index in [0.717, 1.165) is 12.8 Å². The molecule has 0 aromatic rings. The highest BCUT2D eigenvalue weighted by atomic mass is 32.2. The minimum atomic E-state index is -0.166. The first-order chi connectivity index (χ1) is 10.2. The maximum Gasteiger partial charge on any atom is 0.285 e. The minimum Gasteiger partial charge on any atom is -0.378 e. The molecule has 0 spiro atoms. The van der Waals surface area contributed by atoms with Gasteiger partial charge in [-0.3, -0.25) is 4.79 Å². The lowest BCUT2D eigenvalue weighted by molar-refractivity contribution is -0.113. The molecule has 2 N–H and O–H groups in total. The maximum absolute atomic E-state index is 11.4. The van der Waals surface area contributed by atoms with Gasteiger partial charge in [-0.25, -0.2) is 0 Å². The number of allylic oxidation sites excluding steroid dienone is 1. The fraction of sp³-hybridized carbons (Fsp3) is 0.765. The molecule has 3 nitrogen and oxygen atoms in total. The van der Waals surface area contributed by atoms with Gasteiger partial charge < -0.3 is 5.73 Å². The molecule has 0 aromatic carbocycles. The van der Waals surface area contributed by atoms with Gasteiger partial charge in [0.2, 0.25) is 0 Å².